The number of aromatic carboxylic acids is 1. The highest BCUT2D eigenvalue weighted by molar-refractivity contribution is 7.07. The van der Waals surface area contributed by atoms with Crippen LogP contribution in [0.15, 0.2) is 41.1 Å². The van der Waals surface area contributed by atoms with Crippen molar-refractivity contribution in [3.8, 4) is 0 Å². The van der Waals surface area contributed by atoms with E-state index in [1.807, 2.05) is 12.1 Å². The Hall–Kier alpha value is -1.65. The minimum Gasteiger partial charge on any atom is -0.478 e. The Morgan fingerprint density at radius 1 is 1.16 bits per heavy atom. The molecule has 0 atom stereocenters. The van der Waals surface area contributed by atoms with Crippen molar-refractivity contribution in [1.29, 1.82) is 0 Å². The second kappa shape index (κ2) is 7.07. The van der Waals surface area contributed by atoms with Gasteiger partial charge in [0.05, 0.1) is 5.56 Å². The maximum Gasteiger partial charge on any atom is 0.335 e. The van der Waals surface area contributed by atoms with E-state index < -0.39 is 5.97 Å². The van der Waals surface area contributed by atoms with Gasteiger partial charge in [-0.25, -0.2) is 4.79 Å². The summed E-state index contributed by atoms with van der Waals surface area (Å²) >= 11 is 1.71. The van der Waals surface area contributed by atoms with Gasteiger partial charge in [0.15, 0.2) is 0 Å². The highest BCUT2D eigenvalue weighted by Gasteiger charge is 2.07. The monoisotopic (exact) mass is 275 g/mol. The third-order valence-electron chi connectivity index (χ3n) is 2.99. The third-order valence-corrected chi connectivity index (χ3v) is 3.72. The van der Waals surface area contributed by atoms with E-state index in [1.54, 1.807) is 23.5 Å². The van der Waals surface area contributed by atoms with Crippen LogP contribution in [-0.4, -0.2) is 24.2 Å². The van der Waals surface area contributed by atoms with E-state index in [0.29, 0.717) is 5.56 Å². The molecule has 3 nitrogen and oxygen atoms in total. The van der Waals surface area contributed by atoms with Crippen molar-refractivity contribution in [1.82, 2.24) is 5.32 Å². The average molecular weight is 275 g/mol. The molecule has 0 aliphatic carbocycles. The molecule has 0 aliphatic rings. The SMILES string of the molecule is O=C(O)c1ccccc1CCNCCc1ccsc1. The van der Waals surface area contributed by atoms with Crippen molar-refractivity contribution in [3.05, 3.63) is 57.8 Å². The van der Waals surface area contributed by atoms with Crippen molar-refractivity contribution in [2.45, 2.75) is 12.8 Å². The molecule has 1 aromatic carbocycles. The lowest BCUT2D eigenvalue weighted by atomic mass is 10.0. The summed E-state index contributed by atoms with van der Waals surface area (Å²) in [6.45, 7) is 1.72. The standard InChI is InChI=1S/C15H17NO2S/c17-15(18)14-4-2-1-3-13(14)6-9-16-8-5-12-7-10-19-11-12/h1-4,7,10-11,16H,5-6,8-9H2,(H,17,18). The quantitative estimate of drug-likeness (QED) is 0.764. The summed E-state index contributed by atoms with van der Waals surface area (Å²) in [7, 11) is 0. The van der Waals surface area contributed by atoms with Crippen LogP contribution in [0.4, 0.5) is 0 Å². The predicted octanol–water partition coefficient (Wildman–Crippen LogP) is 2.82. The Balaban J connectivity index is 1.75. The van der Waals surface area contributed by atoms with Gasteiger partial charge in [0.25, 0.3) is 0 Å². The molecule has 0 unspecified atom stereocenters. The minimum atomic E-state index is -0.853. The van der Waals surface area contributed by atoms with Gasteiger partial charge in [-0.2, -0.15) is 11.3 Å². The number of hydrogen-bond acceptors (Lipinski definition) is 3. The Labute approximate surface area is 116 Å². The molecule has 4 heteroatoms. The molecule has 2 rings (SSSR count). The zero-order valence-electron chi connectivity index (χ0n) is 10.6. The molecule has 0 radical (unpaired) electrons. The van der Waals surface area contributed by atoms with Crippen LogP contribution < -0.4 is 5.32 Å². The molecule has 1 heterocycles. The van der Waals surface area contributed by atoms with Crippen LogP contribution in [0.1, 0.15) is 21.5 Å². The molecular formula is C15H17NO2S. The zero-order valence-corrected chi connectivity index (χ0v) is 11.5. The lowest BCUT2D eigenvalue weighted by molar-refractivity contribution is 0.0695. The molecule has 2 aromatic rings. The highest BCUT2D eigenvalue weighted by Crippen LogP contribution is 2.09. The first-order chi connectivity index (χ1) is 9.27. The summed E-state index contributed by atoms with van der Waals surface area (Å²) in [5, 5.41) is 16.7. The van der Waals surface area contributed by atoms with Crippen molar-refractivity contribution >= 4 is 17.3 Å². The van der Waals surface area contributed by atoms with E-state index in [-0.39, 0.29) is 0 Å². The lowest BCUT2D eigenvalue weighted by Gasteiger charge is -2.07. The second-order valence-corrected chi connectivity index (χ2v) is 5.12. The molecule has 2 N–H and O–H groups in total. The van der Waals surface area contributed by atoms with E-state index in [0.717, 1.165) is 31.5 Å². The van der Waals surface area contributed by atoms with E-state index in [1.165, 1.54) is 5.56 Å². The van der Waals surface area contributed by atoms with E-state index >= 15 is 0 Å². The maximum absolute atomic E-state index is 11.0. The van der Waals surface area contributed by atoms with Gasteiger partial charge in [-0.05, 0) is 60.0 Å². The first-order valence-corrected chi connectivity index (χ1v) is 7.24. The number of rotatable bonds is 7. The van der Waals surface area contributed by atoms with E-state index in [9.17, 15) is 4.79 Å². The molecule has 0 saturated heterocycles. The molecule has 1 aromatic heterocycles. The number of carbonyl (C=O) groups is 1. The van der Waals surface area contributed by atoms with Crippen LogP contribution in [0.5, 0.6) is 0 Å². The molecule has 0 spiro atoms. The van der Waals surface area contributed by atoms with Gasteiger partial charge in [-0.3, -0.25) is 0 Å². The molecule has 19 heavy (non-hydrogen) atoms. The fourth-order valence-corrected chi connectivity index (χ4v) is 2.67. The highest BCUT2D eigenvalue weighted by atomic mass is 32.1. The number of thiophene rings is 1. The van der Waals surface area contributed by atoms with Crippen molar-refractivity contribution in [3.63, 3.8) is 0 Å². The first kappa shape index (κ1) is 13.8. The van der Waals surface area contributed by atoms with Crippen molar-refractivity contribution in [2.24, 2.45) is 0 Å². The fourth-order valence-electron chi connectivity index (χ4n) is 1.96. The summed E-state index contributed by atoms with van der Waals surface area (Å²) in [6.07, 6.45) is 1.76. The number of carboxylic acid groups (broad SMARTS) is 1. The van der Waals surface area contributed by atoms with Crippen LogP contribution in [0, 0.1) is 0 Å². The Morgan fingerprint density at radius 2 is 1.95 bits per heavy atom. The smallest absolute Gasteiger partial charge is 0.335 e. The molecule has 0 saturated carbocycles. The van der Waals surface area contributed by atoms with Crippen LogP contribution in [0.3, 0.4) is 0 Å². The van der Waals surface area contributed by atoms with Crippen LogP contribution in [0.25, 0.3) is 0 Å². The first-order valence-electron chi connectivity index (χ1n) is 6.30. The predicted molar refractivity (Wildman–Crippen MR) is 78.0 cm³/mol. The largest absolute Gasteiger partial charge is 0.478 e. The van der Waals surface area contributed by atoms with E-state index in [4.69, 9.17) is 5.11 Å². The van der Waals surface area contributed by atoms with Crippen molar-refractivity contribution < 1.29 is 9.90 Å². The van der Waals surface area contributed by atoms with Gasteiger partial charge in [0, 0.05) is 0 Å². The lowest BCUT2D eigenvalue weighted by Crippen LogP contribution is -2.20. The Kier molecular flexibility index (Phi) is 5.12. The minimum absolute atomic E-state index is 0.405. The topological polar surface area (TPSA) is 49.3 Å². The zero-order chi connectivity index (χ0) is 13.5. The fraction of sp³-hybridized carbons (Fsp3) is 0.267. The third kappa shape index (κ3) is 4.19. The van der Waals surface area contributed by atoms with Gasteiger partial charge in [0.2, 0.25) is 0 Å². The Morgan fingerprint density at radius 3 is 2.68 bits per heavy atom. The van der Waals surface area contributed by atoms with Gasteiger partial charge >= 0.3 is 5.97 Å². The maximum atomic E-state index is 11.0. The number of carboxylic acids is 1. The number of hydrogen-bond donors (Lipinski definition) is 2. The normalized spacial score (nSPS) is 10.5. The summed E-state index contributed by atoms with van der Waals surface area (Å²) in [6, 6.07) is 9.31. The molecule has 0 aliphatic heterocycles. The van der Waals surface area contributed by atoms with E-state index in [2.05, 4.69) is 22.1 Å². The van der Waals surface area contributed by atoms with Crippen LogP contribution >= 0.6 is 11.3 Å². The van der Waals surface area contributed by atoms with Gasteiger partial charge in [-0.15, -0.1) is 0 Å². The molecule has 0 amide bonds. The van der Waals surface area contributed by atoms with Crippen LogP contribution in [-0.2, 0) is 12.8 Å². The average Bonchev–Trinajstić information content (AvgIpc) is 2.92. The molecule has 0 fully saturated rings. The Bertz CT molecular complexity index is 523. The number of benzene rings is 1. The summed E-state index contributed by atoms with van der Waals surface area (Å²) in [4.78, 5) is 11.0. The molecular weight excluding hydrogens is 258 g/mol. The van der Waals surface area contributed by atoms with Gasteiger partial charge in [-0.1, -0.05) is 18.2 Å². The van der Waals surface area contributed by atoms with Gasteiger partial charge < -0.3 is 10.4 Å². The van der Waals surface area contributed by atoms with Gasteiger partial charge in [0.1, 0.15) is 0 Å². The summed E-state index contributed by atoms with van der Waals surface area (Å²) < 4.78 is 0. The molecule has 0 bridgehead atoms. The second-order valence-electron chi connectivity index (χ2n) is 4.34. The van der Waals surface area contributed by atoms with Crippen molar-refractivity contribution in [2.75, 3.05) is 13.1 Å². The molecule has 100 valence electrons. The number of nitrogens with one attached hydrogen (secondary N) is 1. The van der Waals surface area contributed by atoms with Crippen LogP contribution in [0.2, 0.25) is 0 Å². The summed E-state index contributed by atoms with van der Waals surface area (Å²) in [5.74, 6) is -0.853. The summed E-state index contributed by atoms with van der Waals surface area (Å²) in [5.41, 5.74) is 2.64.